The first-order chi connectivity index (χ1) is 16.5. The summed E-state index contributed by atoms with van der Waals surface area (Å²) in [6.07, 6.45) is 0. The Morgan fingerprint density at radius 2 is 1.53 bits per heavy atom. The number of carbonyl (C=O) groups excluding carboxylic acids is 3. The van der Waals surface area contributed by atoms with E-state index < -0.39 is 11.8 Å². The van der Waals surface area contributed by atoms with Crippen molar-refractivity contribution in [2.24, 2.45) is 0 Å². The molecular weight excluding hydrogens is 450 g/mol. The molecule has 4 N–H and O–H groups in total. The Bertz CT molecular complexity index is 1280. The number of benzene rings is 3. The smallest absolute Gasteiger partial charge is 0.269 e. The number of carbonyl (C=O) groups is 3. The summed E-state index contributed by atoms with van der Waals surface area (Å²) in [5.74, 6) is -0.654. The zero-order valence-corrected chi connectivity index (χ0v) is 19.2. The number of aryl methyl sites for hydroxylation is 1. The van der Waals surface area contributed by atoms with Crippen LogP contribution < -0.4 is 16.2 Å². The van der Waals surface area contributed by atoms with Gasteiger partial charge in [0.15, 0.2) is 5.16 Å². The van der Waals surface area contributed by atoms with E-state index in [0.717, 1.165) is 27.3 Å². The molecule has 0 aliphatic carbocycles. The summed E-state index contributed by atoms with van der Waals surface area (Å²) >= 11 is 1.58. The Kier molecular flexibility index (Phi) is 7.24. The van der Waals surface area contributed by atoms with Gasteiger partial charge < -0.3 is 10.3 Å². The predicted molar refractivity (Wildman–Crippen MR) is 131 cm³/mol. The Hall–Kier alpha value is -4.11. The molecule has 0 saturated heterocycles. The topological polar surface area (TPSA) is 116 Å². The van der Waals surface area contributed by atoms with Crippen LogP contribution in [0.25, 0.3) is 11.0 Å². The summed E-state index contributed by atoms with van der Waals surface area (Å²) in [4.78, 5) is 44.1. The predicted octanol–water partition coefficient (Wildman–Crippen LogP) is 3.35. The highest BCUT2D eigenvalue weighted by atomic mass is 32.2. The normalized spacial score (nSPS) is 10.6. The maximum absolute atomic E-state index is 12.3. The van der Waals surface area contributed by atoms with Crippen molar-refractivity contribution in [3.8, 4) is 0 Å². The van der Waals surface area contributed by atoms with Crippen LogP contribution in [0.2, 0.25) is 0 Å². The number of imidazole rings is 1. The van der Waals surface area contributed by atoms with Gasteiger partial charge in [0.05, 0.1) is 17.6 Å². The number of amides is 3. The van der Waals surface area contributed by atoms with Gasteiger partial charge in [-0.25, -0.2) is 4.98 Å². The third-order valence-electron chi connectivity index (χ3n) is 5.00. The standard InChI is InChI=1S/C25H23N5O3S/c1-16-6-10-18(11-7-16)23(32)26-14-22(31)29-30-24(33)19-12-8-17(9-13-19)15-34-25-27-20-4-2-3-5-21(20)28-25/h2-13H,14-15H2,1H3,(H,26,32)(H,27,28)(H,29,31)(H,30,33). The van der Waals surface area contributed by atoms with E-state index in [9.17, 15) is 14.4 Å². The van der Waals surface area contributed by atoms with Crippen molar-refractivity contribution in [1.29, 1.82) is 0 Å². The van der Waals surface area contributed by atoms with Crippen LogP contribution in [0.1, 0.15) is 31.8 Å². The lowest BCUT2D eigenvalue weighted by atomic mass is 10.1. The summed E-state index contributed by atoms with van der Waals surface area (Å²) in [6.45, 7) is 1.66. The Morgan fingerprint density at radius 1 is 0.853 bits per heavy atom. The summed E-state index contributed by atoms with van der Waals surface area (Å²) < 4.78 is 0. The number of hydrazine groups is 1. The number of aromatic amines is 1. The van der Waals surface area contributed by atoms with Crippen molar-refractivity contribution in [3.63, 3.8) is 0 Å². The molecule has 0 aliphatic heterocycles. The number of para-hydroxylation sites is 2. The molecule has 1 heterocycles. The second kappa shape index (κ2) is 10.7. The van der Waals surface area contributed by atoms with E-state index >= 15 is 0 Å². The maximum atomic E-state index is 12.3. The second-order valence-electron chi connectivity index (χ2n) is 7.60. The van der Waals surface area contributed by atoms with Crippen molar-refractivity contribution in [3.05, 3.63) is 95.1 Å². The van der Waals surface area contributed by atoms with Crippen LogP contribution in [0.3, 0.4) is 0 Å². The minimum atomic E-state index is -0.535. The first-order valence-electron chi connectivity index (χ1n) is 10.6. The van der Waals surface area contributed by atoms with Crippen LogP contribution >= 0.6 is 11.8 Å². The molecule has 172 valence electrons. The Morgan fingerprint density at radius 3 is 2.26 bits per heavy atom. The minimum absolute atomic E-state index is 0.259. The summed E-state index contributed by atoms with van der Waals surface area (Å²) in [5.41, 5.74) is 9.50. The lowest BCUT2D eigenvalue weighted by Crippen LogP contribution is -2.46. The van der Waals surface area contributed by atoms with Crippen LogP contribution in [0, 0.1) is 6.92 Å². The van der Waals surface area contributed by atoms with Crippen molar-refractivity contribution >= 4 is 40.5 Å². The second-order valence-corrected chi connectivity index (χ2v) is 8.56. The molecule has 0 fully saturated rings. The number of rotatable bonds is 7. The van der Waals surface area contributed by atoms with Crippen molar-refractivity contribution < 1.29 is 14.4 Å². The Labute approximate surface area is 200 Å². The van der Waals surface area contributed by atoms with Gasteiger partial charge in [0.25, 0.3) is 17.7 Å². The van der Waals surface area contributed by atoms with Crippen LogP contribution in [-0.4, -0.2) is 34.2 Å². The molecule has 0 atom stereocenters. The number of nitrogens with one attached hydrogen (secondary N) is 4. The third-order valence-corrected chi connectivity index (χ3v) is 5.94. The zero-order valence-electron chi connectivity index (χ0n) is 18.4. The van der Waals surface area contributed by atoms with Crippen molar-refractivity contribution in [2.75, 3.05) is 6.54 Å². The van der Waals surface area contributed by atoms with Crippen LogP contribution in [0.5, 0.6) is 0 Å². The first kappa shape index (κ1) is 23.1. The monoisotopic (exact) mass is 473 g/mol. The summed E-state index contributed by atoms with van der Waals surface area (Å²) in [5, 5.41) is 3.35. The van der Waals surface area contributed by atoms with Gasteiger partial charge in [0.1, 0.15) is 0 Å². The molecule has 0 saturated carbocycles. The van der Waals surface area contributed by atoms with Gasteiger partial charge in [-0.15, -0.1) is 0 Å². The van der Waals surface area contributed by atoms with Gasteiger partial charge in [0, 0.05) is 16.9 Å². The highest BCUT2D eigenvalue weighted by molar-refractivity contribution is 7.98. The summed E-state index contributed by atoms with van der Waals surface area (Å²) in [7, 11) is 0. The molecule has 34 heavy (non-hydrogen) atoms. The average Bonchev–Trinajstić information content (AvgIpc) is 3.28. The molecule has 0 spiro atoms. The van der Waals surface area contributed by atoms with E-state index in [1.54, 1.807) is 36.0 Å². The molecule has 4 rings (SSSR count). The van der Waals surface area contributed by atoms with E-state index in [4.69, 9.17) is 0 Å². The largest absolute Gasteiger partial charge is 0.343 e. The van der Waals surface area contributed by atoms with E-state index in [1.807, 2.05) is 55.5 Å². The van der Waals surface area contributed by atoms with Crippen LogP contribution in [-0.2, 0) is 10.5 Å². The number of aromatic nitrogens is 2. The number of fused-ring (bicyclic) bond motifs is 1. The molecular formula is C25H23N5O3S. The first-order valence-corrected chi connectivity index (χ1v) is 11.6. The van der Waals surface area contributed by atoms with E-state index in [0.29, 0.717) is 16.9 Å². The SMILES string of the molecule is Cc1ccc(C(=O)NCC(=O)NNC(=O)c2ccc(CSc3nc4ccccc4[nH]3)cc2)cc1. The number of hydrogen-bond acceptors (Lipinski definition) is 5. The van der Waals surface area contributed by atoms with Crippen molar-refractivity contribution in [2.45, 2.75) is 17.8 Å². The van der Waals surface area contributed by atoms with Gasteiger partial charge in [0.2, 0.25) is 0 Å². The number of hydrogen-bond donors (Lipinski definition) is 4. The number of thioether (sulfide) groups is 1. The Balaban J connectivity index is 1.21. The van der Waals surface area contributed by atoms with Crippen molar-refractivity contribution in [1.82, 2.24) is 26.1 Å². The minimum Gasteiger partial charge on any atom is -0.343 e. The van der Waals surface area contributed by atoms with Gasteiger partial charge in [-0.3, -0.25) is 25.2 Å². The summed E-state index contributed by atoms with van der Waals surface area (Å²) in [6, 6.07) is 21.9. The molecule has 0 aliphatic rings. The van der Waals surface area contributed by atoms with E-state index in [2.05, 4.69) is 26.1 Å². The fourth-order valence-corrected chi connectivity index (χ4v) is 3.95. The molecule has 0 bridgehead atoms. The van der Waals surface area contributed by atoms with Gasteiger partial charge in [-0.05, 0) is 48.9 Å². The molecule has 0 radical (unpaired) electrons. The van der Waals surface area contributed by atoms with E-state index in [1.165, 1.54) is 0 Å². The number of nitrogens with zero attached hydrogens (tertiary/aromatic N) is 1. The highest BCUT2D eigenvalue weighted by Gasteiger charge is 2.10. The van der Waals surface area contributed by atoms with Crippen LogP contribution in [0.15, 0.2) is 78.0 Å². The molecule has 1 aromatic heterocycles. The molecule has 3 amide bonds. The molecule has 8 nitrogen and oxygen atoms in total. The van der Waals surface area contributed by atoms with Gasteiger partial charge >= 0.3 is 0 Å². The lowest BCUT2D eigenvalue weighted by Gasteiger charge is -2.09. The fourth-order valence-electron chi connectivity index (χ4n) is 3.11. The van der Waals surface area contributed by atoms with Gasteiger partial charge in [-0.1, -0.05) is 53.7 Å². The van der Waals surface area contributed by atoms with Gasteiger partial charge in [-0.2, -0.15) is 0 Å². The van der Waals surface area contributed by atoms with Crippen LogP contribution in [0.4, 0.5) is 0 Å². The molecule has 9 heteroatoms. The fraction of sp³-hybridized carbons (Fsp3) is 0.120. The highest BCUT2D eigenvalue weighted by Crippen LogP contribution is 2.23. The number of H-pyrrole nitrogens is 1. The molecule has 4 aromatic rings. The third kappa shape index (κ3) is 6.02. The maximum Gasteiger partial charge on any atom is 0.269 e. The van der Waals surface area contributed by atoms with E-state index in [-0.39, 0.29) is 12.5 Å². The lowest BCUT2D eigenvalue weighted by molar-refractivity contribution is -0.120. The zero-order chi connectivity index (χ0) is 23.9. The molecule has 3 aromatic carbocycles. The quantitative estimate of drug-likeness (QED) is 0.243. The average molecular weight is 474 g/mol. The molecule has 0 unspecified atom stereocenters.